The summed E-state index contributed by atoms with van der Waals surface area (Å²) < 4.78 is 6.50. The van der Waals surface area contributed by atoms with Crippen molar-refractivity contribution in [3.8, 4) is 11.5 Å². The van der Waals surface area contributed by atoms with Crippen LogP contribution in [0.3, 0.4) is 0 Å². The van der Waals surface area contributed by atoms with Gasteiger partial charge in [0.2, 0.25) is 29.5 Å². The molecule has 0 radical (unpaired) electrons. The third kappa shape index (κ3) is 13.6. The summed E-state index contributed by atoms with van der Waals surface area (Å²) in [4.78, 5) is 108. The lowest BCUT2D eigenvalue weighted by molar-refractivity contribution is -0.137. The molecule has 2 unspecified atom stereocenters. The minimum absolute atomic E-state index is 0.0894. The van der Waals surface area contributed by atoms with Crippen LogP contribution in [0.5, 0.6) is 11.5 Å². The fourth-order valence-corrected chi connectivity index (χ4v) is 11.1. The third-order valence-electron chi connectivity index (χ3n) is 14.7. The quantitative estimate of drug-likeness (QED) is 0.0187. The molecule has 9 amide bonds. The van der Waals surface area contributed by atoms with E-state index in [9.17, 15) is 43.5 Å². The number of ether oxygens (including phenoxy) is 1. The van der Waals surface area contributed by atoms with Gasteiger partial charge in [-0.2, -0.15) is 0 Å². The second-order valence-corrected chi connectivity index (χ2v) is 21.1. The van der Waals surface area contributed by atoms with Crippen molar-refractivity contribution in [2.45, 2.75) is 102 Å². The Labute approximate surface area is 468 Å². The molecule has 3 aliphatic rings. The highest BCUT2D eigenvalue weighted by molar-refractivity contribution is 6.19. The first-order valence-corrected chi connectivity index (χ1v) is 27.9. The second kappa shape index (κ2) is 26.3. The van der Waals surface area contributed by atoms with E-state index in [0.717, 1.165) is 37.7 Å². The highest BCUT2D eigenvalue weighted by Gasteiger charge is 2.37. The van der Waals surface area contributed by atoms with Gasteiger partial charge in [0, 0.05) is 110 Å². The number of primary amides is 1. The summed E-state index contributed by atoms with van der Waals surface area (Å²) in [5.74, 6) is -1.79. The van der Waals surface area contributed by atoms with Crippen molar-refractivity contribution in [1.29, 1.82) is 0 Å². The van der Waals surface area contributed by atoms with Gasteiger partial charge in [-0.15, -0.1) is 23.2 Å². The summed E-state index contributed by atoms with van der Waals surface area (Å²) in [5, 5.41) is 25.1. The minimum atomic E-state index is -1.05. The number of phenols is 1. The fourth-order valence-electron chi connectivity index (χ4n) is 10.6. The molecule has 4 atom stereocenters. The molecule has 0 bridgehead atoms. The molecule has 0 saturated heterocycles. The number of imide groups is 1. The first-order valence-electron chi connectivity index (χ1n) is 26.8. The lowest BCUT2D eigenvalue weighted by Crippen LogP contribution is -2.54. The van der Waals surface area contributed by atoms with Crippen LogP contribution in [0.2, 0.25) is 0 Å². The number of rotatable bonds is 25. The zero-order chi connectivity index (χ0) is 56.3. The number of carbonyl (C=O) groups is 8. The van der Waals surface area contributed by atoms with Gasteiger partial charge < -0.3 is 46.6 Å². The molecule has 18 nitrogen and oxygen atoms in total. The SMILES string of the molecule is CC(C)C(NC(=O)CCCCCN1C(=O)C=CC1=O)C(=O)NC(CCCNC(N)=O)C(=O)Nc1ccc(COc2cc3c(c4ccccc24)[C@H](CCl)CN3C(=O)CCCC(=O)N2C[C@@H](CCl)c3c2cc(O)c2ccccc32)cc1. The number of nitrogens with one attached hydrogen (secondary N) is 4. The number of fused-ring (bicyclic) bond motifs is 6. The van der Waals surface area contributed by atoms with Crippen molar-refractivity contribution in [1.82, 2.24) is 20.9 Å². The van der Waals surface area contributed by atoms with E-state index >= 15 is 0 Å². The number of aromatic hydroxyl groups is 1. The molecule has 0 aromatic heterocycles. The fraction of sp³-hybridized carbons (Fsp3) is 0.390. The number of alkyl halides is 2. The van der Waals surface area contributed by atoms with Crippen LogP contribution in [0.25, 0.3) is 21.5 Å². The van der Waals surface area contributed by atoms with E-state index in [-0.39, 0.29) is 104 Å². The highest BCUT2D eigenvalue weighted by atomic mass is 35.5. The molecule has 416 valence electrons. The van der Waals surface area contributed by atoms with Gasteiger partial charge in [0.25, 0.3) is 11.8 Å². The first kappa shape index (κ1) is 57.5. The number of nitrogens with two attached hydrogens (primary N) is 1. The topological polar surface area (TPSA) is 250 Å². The van der Waals surface area contributed by atoms with Crippen LogP contribution in [0.1, 0.15) is 100 Å². The Morgan fingerprint density at radius 3 is 1.87 bits per heavy atom. The molecule has 0 aliphatic carbocycles. The van der Waals surface area contributed by atoms with Crippen molar-refractivity contribution in [3.05, 3.63) is 114 Å². The monoisotopic (exact) mass is 1120 g/mol. The van der Waals surface area contributed by atoms with Gasteiger partial charge in [0.05, 0.1) is 11.4 Å². The summed E-state index contributed by atoms with van der Waals surface area (Å²) in [7, 11) is 0. The maximum atomic E-state index is 14.1. The predicted octanol–water partition coefficient (Wildman–Crippen LogP) is 7.98. The Morgan fingerprint density at radius 1 is 0.696 bits per heavy atom. The normalized spacial score (nSPS) is 16.3. The van der Waals surface area contributed by atoms with Crippen molar-refractivity contribution in [2.24, 2.45) is 11.7 Å². The Bertz CT molecular complexity index is 3150. The van der Waals surface area contributed by atoms with Gasteiger partial charge in [-0.05, 0) is 77.6 Å². The predicted molar refractivity (Wildman–Crippen MR) is 304 cm³/mol. The van der Waals surface area contributed by atoms with Gasteiger partial charge in [-0.3, -0.25) is 38.5 Å². The number of benzene rings is 5. The van der Waals surface area contributed by atoms with Crippen LogP contribution in [-0.4, -0.2) is 107 Å². The molecule has 0 saturated carbocycles. The lowest BCUT2D eigenvalue weighted by Gasteiger charge is -2.25. The summed E-state index contributed by atoms with van der Waals surface area (Å²) in [6.45, 7) is 4.85. The molecule has 5 aromatic carbocycles. The first-order chi connectivity index (χ1) is 38.1. The van der Waals surface area contributed by atoms with E-state index in [0.29, 0.717) is 79.3 Å². The van der Waals surface area contributed by atoms with Crippen LogP contribution < -0.4 is 41.5 Å². The van der Waals surface area contributed by atoms with Crippen molar-refractivity contribution < 1.29 is 48.2 Å². The average Bonchev–Trinajstić information content (AvgIpc) is 4.35. The zero-order valence-corrected chi connectivity index (χ0v) is 45.7. The molecule has 8 rings (SSSR count). The smallest absolute Gasteiger partial charge is 0.312 e. The number of urea groups is 1. The van der Waals surface area contributed by atoms with Crippen LogP contribution in [0.4, 0.5) is 21.9 Å². The number of carbonyl (C=O) groups excluding carboxylic acids is 8. The highest BCUT2D eigenvalue weighted by Crippen LogP contribution is 2.47. The van der Waals surface area contributed by atoms with Crippen molar-refractivity contribution in [3.63, 3.8) is 0 Å². The molecule has 79 heavy (non-hydrogen) atoms. The van der Waals surface area contributed by atoms with E-state index in [1.54, 1.807) is 54.0 Å². The molecule has 0 fully saturated rings. The Morgan fingerprint density at radius 2 is 1.28 bits per heavy atom. The molecular formula is C59H66Cl2N8O10. The number of phenolic OH excluding ortho intramolecular Hbond substituents is 1. The molecule has 0 spiro atoms. The number of hydrogen-bond donors (Lipinski definition) is 6. The number of halogens is 2. The molecule has 20 heteroatoms. The molecule has 7 N–H and O–H groups in total. The van der Waals surface area contributed by atoms with E-state index in [2.05, 4.69) is 21.3 Å². The Balaban J connectivity index is 0.879. The molecule has 3 heterocycles. The van der Waals surface area contributed by atoms with Crippen molar-refractivity contribution >= 4 is 109 Å². The summed E-state index contributed by atoms with van der Waals surface area (Å²) >= 11 is 13.0. The van der Waals surface area contributed by atoms with Gasteiger partial charge >= 0.3 is 6.03 Å². The average molecular weight is 1120 g/mol. The summed E-state index contributed by atoms with van der Waals surface area (Å²) in [5.41, 5.74) is 9.69. The van der Waals surface area contributed by atoms with Crippen LogP contribution in [0.15, 0.2) is 97.1 Å². The van der Waals surface area contributed by atoms with E-state index in [1.807, 2.05) is 54.6 Å². The standard InChI is InChI=1S/C59H66Cl2N8O10/c1-35(2)56(66-49(71)17-4-3-9-27-67-52(74)24-25-53(67)75)58(77)65-44(16-11-26-63-59(62)78)57(76)64-39-22-20-36(21-23-39)34-79-48-29-46-55(43-15-8-6-13-41(43)48)38(31-61)33-69(46)51(73)19-10-18-50(72)68-32-37(30-60)54-42-14-7-5-12-40(42)47(70)28-45(54)68/h5-8,12-15,20-25,28-29,35,37-38,44,56,70H,3-4,9-11,16-19,26-27,30-34H2,1-2H3,(H,64,76)(H,65,77)(H,66,71)(H3,62,63,78)/t37-,38-,44?,56?/m1/s1. The molecule has 3 aliphatic heterocycles. The van der Waals surface area contributed by atoms with E-state index < -0.39 is 29.9 Å². The van der Waals surface area contributed by atoms with Crippen LogP contribution in [0, 0.1) is 5.92 Å². The minimum Gasteiger partial charge on any atom is -0.507 e. The maximum Gasteiger partial charge on any atom is 0.312 e. The molecule has 5 aromatic rings. The summed E-state index contributed by atoms with van der Waals surface area (Å²) in [6.07, 6.45) is 5.13. The van der Waals surface area contributed by atoms with Gasteiger partial charge in [-0.1, -0.05) is 80.9 Å². The zero-order valence-electron chi connectivity index (χ0n) is 44.2. The van der Waals surface area contributed by atoms with Gasteiger partial charge in [0.1, 0.15) is 30.2 Å². The number of hydrogen-bond acceptors (Lipinski definition) is 10. The Kier molecular flexibility index (Phi) is 19.1. The number of amides is 9. The van der Waals surface area contributed by atoms with Crippen LogP contribution in [-0.2, 0) is 40.2 Å². The third-order valence-corrected chi connectivity index (χ3v) is 15.4. The van der Waals surface area contributed by atoms with E-state index in [1.165, 1.54) is 12.2 Å². The molecular weight excluding hydrogens is 1050 g/mol. The Hall–Kier alpha value is -7.70. The van der Waals surface area contributed by atoms with Crippen LogP contribution >= 0.6 is 23.2 Å². The van der Waals surface area contributed by atoms with E-state index in [4.69, 9.17) is 33.7 Å². The lowest BCUT2D eigenvalue weighted by atomic mass is 9.95. The number of nitrogens with zero attached hydrogens (tertiary/aromatic N) is 3. The number of anilines is 3. The largest absolute Gasteiger partial charge is 0.507 e. The summed E-state index contributed by atoms with van der Waals surface area (Å²) in [6, 6.07) is 23.1. The maximum absolute atomic E-state index is 14.1. The van der Waals surface area contributed by atoms with Gasteiger partial charge in [-0.25, -0.2) is 4.79 Å². The number of unbranched alkanes of at least 4 members (excludes halogenated alkanes) is 2. The van der Waals surface area contributed by atoms with Crippen molar-refractivity contribution in [2.75, 3.05) is 53.1 Å². The van der Waals surface area contributed by atoms with Gasteiger partial charge in [0.15, 0.2) is 0 Å². The second-order valence-electron chi connectivity index (χ2n) is 20.5.